The van der Waals surface area contributed by atoms with Gasteiger partial charge in [0.25, 0.3) is 0 Å². The third-order valence-corrected chi connectivity index (χ3v) is 2.80. The molecule has 0 heterocycles. The third kappa shape index (κ3) is 4.07. The fraction of sp³-hybridized carbons (Fsp3) is 0.250. The smallest absolute Gasteiger partial charge is 0.747 e. The zero-order chi connectivity index (χ0) is 9.90. The molecule has 0 aliphatic rings. The van der Waals surface area contributed by atoms with E-state index in [1.807, 2.05) is 0 Å². The van der Waals surface area contributed by atoms with Crippen molar-refractivity contribution in [2.75, 3.05) is 6.61 Å². The Morgan fingerprint density at radius 3 is 2.14 bits per heavy atom. The number of hydrogen-bond acceptors (Lipinski definition) is 4. The second-order valence-electron chi connectivity index (χ2n) is 2.57. The number of benzene rings is 1. The molecule has 0 bridgehead atoms. The molecule has 1 aromatic carbocycles. The van der Waals surface area contributed by atoms with Crippen molar-refractivity contribution in [1.82, 2.24) is 0 Å². The van der Waals surface area contributed by atoms with E-state index >= 15 is 0 Å². The van der Waals surface area contributed by atoms with E-state index in [0.717, 1.165) is 0 Å². The van der Waals surface area contributed by atoms with Crippen LogP contribution in [0.2, 0.25) is 0 Å². The normalized spacial score (nSPS) is 13.0. The first-order valence-corrected chi connectivity index (χ1v) is 5.13. The van der Waals surface area contributed by atoms with Crippen molar-refractivity contribution in [3.63, 3.8) is 0 Å². The van der Waals surface area contributed by atoms with Gasteiger partial charge in [-0.05, 0) is 5.56 Å². The summed E-state index contributed by atoms with van der Waals surface area (Å²) in [6.07, 6.45) is 0. The maximum atomic E-state index is 10.6. The first-order valence-electron chi connectivity index (χ1n) is 3.66. The Morgan fingerprint density at radius 2 is 1.79 bits per heavy atom. The van der Waals surface area contributed by atoms with Gasteiger partial charge in [0, 0.05) is 0 Å². The Morgan fingerprint density at radius 1 is 1.29 bits per heavy atom. The van der Waals surface area contributed by atoms with Gasteiger partial charge in [0.15, 0.2) is 0 Å². The minimum Gasteiger partial charge on any atom is -0.747 e. The first-order chi connectivity index (χ1) is 6.05. The van der Waals surface area contributed by atoms with Crippen molar-refractivity contribution in [1.29, 1.82) is 0 Å². The summed E-state index contributed by atoms with van der Waals surface area (Å²) in [5.74, 6) is 0. The number of hydrogen-bond donors (Lipinski definition) is 1. The van der Waals surface area contributed by atoms with E-state index in [0.29, 0.717) is 5.56 Å². The topological polar surface area (TPSA) is 77.4 Å². The molecular formula is C8H9KO4S. The van der Waals surface area contributed by atoms with Crippen LogP contribution in [0.4, 0.5) is 0 Å². The summed E-state index contributed by atoms with van der Waals surface area (Å²) in [5, 5.41) is 7.38. The maximum Gasteiger partial charge on any atom is 1.00 e. The van der Waals surface area contributed by atoms with Gasteiger partial charge in [0.2, 0.25) is 0 Å². The van der Waals surface area contributed by atoms with Crippen LogP contribution in [0.5, 0.6) is 0 Å². The standard InChI is InChI=1S/C8H10O4S.K/c9-6-8(13(10,11)12)7-4-2-1-3-5-7;/h1-5,8-9H,6H2,(H,10,11,12);/q;+1/p-1. The fourth-order valence-corrected chi connectivity index (χ4v) is 1.70. The monoisotopic (exact) mass is 240 g/mol. The predicted octanol–water partition coefficient (Wildman–Crippen LogP) is -2.73. The summed E-state index contributed by atoms with van der Waals surface area (Å²) in [4.78, 5) is 0. The van der Waals surface area contributed by atoms with Gasteiger partial charge in [-0.3, -0.25) is 0 Å². The number of aliphatic hydroxyl groups excluding tert-OH is 1. The Hall–Kier alpha value is 0.726. The van der Waals surface area contributed by atoms with E-state index in [1.165, 1.54) is 12.1 Å². The van der Waals surface area contributed by atoms with E-state index in [1.54, 1.807) is 18.2 Å². The van der Waals surface area contributed by atoms with Gasteiger partial charge in [0.1, 0.15) is 10.1 Å². The van der Waals surface area contributed by atoms with Crippen molar-refractivity contribution in [3.8, 4) is 0 Å². The molecule has 0 spiro atoms. The van der Waals surface area contributed by atoms with Gasteiger partial charge in [-0.15, -0.1) is 0 Å². The number of aliphatic hydroxyl groups is 1. The summed E-state index contributed by atoms with van der Waals surface area (Å²) in [7, 11) is -4.47. The van der Waals surface area contributed by atoms with Crippen molar-refractivity contribution < 1.29 is 69.5 Å². The molecule has 0 saturated carbocycles. The molecule has 14 heavy (non-hydrogen) atoms. The van der Waals surface area contributed by atoms with E-state index < -0.39 is 22.0 Å². The van der Waals surface area contributed by atoms with Crippen LogP contribution in [0, 0.1) is 0 Å². The van der Waals surface area contributed by atoms with Crippen LogP contribution in [0.15, 0.2) is 30.3 Å². The summed E-state index contributed by atoms with van der Waals surface area (Å²) in [6.45, 7) is -0.685. The Kier molecular flexibility index (Phi) is 6.67. The molecular weight excluding hydrogens is 231 g/mol. The molecule has 6 heteroatoms. The maximum absolute atomic E-state index is 10.6. The van der Waals surface area contributed by atoms with Gasteiger partial charge >= 0.3 is 51.4 Å². The van der Waals surface area contributed by atoms with Gasteiger partial charge in [-0.25, -0.2) is 8.42 Å². The molecule has 0 aliphatic carbocycles. The molecule has 1 atom stereocenters. The summed E-state index contributed by atoms with van der Waals surface area (Å²) < 4.78 is 31.9. The van der Waals surface area contributed by atoms with Crippen LogP contribution < -0.4 is 51.4 Å². The van der Waals surface area contributed by atoms with E-state index in [2.05, 4.69) is 0 Å². The minimum atomic E-state index is -4.47. The molecule has 0 aliphatic heterocycles. The minimum absolute atomic E-state index is 0. The largest absolute Gasteiger partial charge is 1.00 e. The average molecular weight is 240 g/mol. The van der Waals surface area contributed by atoms with Crippen LogP contribution in [-0.4, -0.2) is 24.7 Å². The van der Waals surface area contributed by atoms with Crippen LogP contribution in [0.25, 0.3) is 0 Å². The molecule has 1 aromatic rings. The SMILES string of the molecule is O=S(=O)([O-])C(CO)c1ccccc1.[K+]. The molecule has 1 rings (SSSR count). The van der Waals surface area contributed by atoms with Crippen LogP contribution in [0.3, 0.4) is 0 Å². The molecule has 1 N–H and O–H groups in total. The van der Waals surface area contributed by atoms with E-state index in [9.17, 15) is 13.0 Å². The molecule has 4 nitrogen and oxygen atoms in total. The van der Waals surface area contributed by atoms with Gasteiger partial charge in [0.05, 0.1) is 11.9 Å². The van der Waals surface area contributed by atoms with Gasteiger partial charge in [-0.2, -0.15) is 0 Å². The van der Waals surface area contributed by atoms with E-state index in [-0.39, 0.29) is 51.4 Å². The van der Waals surface area contributed by atoms with Crippen molar-refractivity contribution in [3.05, 3.63) is 35.9 Å². The number of rotatable bonds is 3. The Balaban J connectivity index is 0.00000169. The predicted molar refractivity (Wildman–Crippen MR) is 46.0 cm³/mol. The van der Waals surface area contributed by atoms with Gasteiger partial charge < -0.3 is 9.66 Å². The van der Waals surface area contributed by atoms with Crippen molar-refractivity contribution in [2.24, 2.45) is 0 Å². The molecule has 72 valence electrons. The quantitative estimate of drug-likeness (QED) is 0.460. The zero-order valence-corrected chi connectivity index (χ0v) is 11.7. The summed E-state index contributed by atoms with van der Waals surface area (Å²) in [5.41, 5.74) is 0.319. The third-order valence-electron chi connectivity index (χ3n) is 1.69. The summed E-state index contributed by atoms with van der Waals surface area (Å²) >= 11 is 0. The average Bonchev–Trinajstić information content (AvgIpc) is 2.05. The molecule has 0 radical (unpaired) electrons. The molecule has 1 unspecified atom stereocenters. The Bertz CT molecular complexity index is 362. The molecule has 0 aromatic heterocycles. The zero-order valence-electron chi connectivity index (χ0n) is 7.75. The first kappa shape index (κ1) is 14.7. The van der Waals surface area contributed by atoms with Crippen LogP contribution in [-0.2, 0) is 10.1 Å². The second-order valence-corrected chi connectivity index (χ2v) is 4.13. The van der Waals surface area contributed by atoms with Crippen molar-refractivity contribution in [2.45, 2.75) is 5.25 Å². The Labute approximate surface area is 126 Å². The van der Waals surface area contributed by atoms with Crippen LogP contribution >= 0.6 is 0 Å². The fourth-order valence-electron chi connectivity index (χ4n) is 1.03. The summed E-state index contributed by atoms with van der Waals surface area (Å²) in [6, 6.07) is 7.92. The van der Waals surface area contributed by atoms with E-state index in [4.69, 9.17) is 5.11 Å². The van der Waals surface area contributed by atoms with Crippen LogP contribution in [0.1, 0.15) is 10.8 Å². The van der Waals surface area contributed by atoms with Crippen molar-refractivity contribution >= 4 is 10.1 Å². The second kappa shape index (κ2) is 6.34. The molecule has 0 amide bonds. The molecule has 0 fully saturated rings. The molecule has 0 saturated heterocycles. The van der Waals surface area contributed by atoms with Gasteiger partial charge in [-0.1, -0.05) is 30.3 Å².